The molecule has 1 aromatic heterocycles. The van der Waals surface area contributed by atoms with Crippen molar-refractivity contribution in [2.75, 3.05) is 6.54 Å². The van der Waals surface area contributed by atoms with Gasteiger partial charge in [0.15, 0.2) is 0 Å². The summed E-state index contributed by atoms with van der Waals surface area (Å²) in [5.74, 6) is 0.326. The summed E-state index contributed by atoms with van der Waals surface area (Å²) in [4.78, 5) is 2.41. The van der Waals surface area contributed by atoms with Crippen LogP contribution in [0.5, 0.6) is 0 Å². The Labute approximate surface area is 138 Å². The topological polar surface area (TPSA) is 12.0 Å². The third-order valence-electron chi connectivity index (χ3n) is 3.41. The highest BCUT2D eigenvalue weighted by molar-refractivity contribution is 9.10. The lowest BCUT2D eigenvalue weighted by Gasteiger charge is -2.21. The van der Waals surface area contributed by atoms with Crippen molar-refractivity contribution in [3.8, 4) is 10.4 Å². The third kappa shape index (κ3) is 4.15. The van der Waals surface area contributed by atoms with Crippen molar-refractivity contribution < 1.29 is 4.39 Å². The maximum Gasteiger partial charge on any atom is 0.123 e. The summed E-state index contributed by atoms with van der Waals surface area (Å²) in [6.45, 7) is 7.64. The second kappa shape index (κ2) is 7.52. The molecule has 0 bridgehead atoms. The molecule has 2 rings (SSSR count). The molecule has 1 heterocycles. The molecule has 1 nitrogen and oxygen atoms in total. The first-order chi connectivity index (χ1) is 10.0. The smallest absolute Gasteiger partial charge is 0.123 e. The lowest BCUT2D eigenvalue weighted by molar-refractivity contribution is 0.418. The summed E-state index contributed by atoms with van der Waals surface area (Å²) in [6, 6.07) is 9.42. The van der Waals surface area contributed by atoms with Gasteiger partial charge in [-0.15, -0.1) is 11.3 Å². The molecule has 0 aliphatic carbocycles. The Kier molecular flexibility index (Phi) is 5.97. The van der Waals surface area contributed by atoms with E-state index in [1.54, 1.807) is 23.5 Å². The summed E-state index contributed by atoms with van der Waals surface area (Å²) in [5, 5.41) is 3.60. The Bertz CT molecular complexity index is 594. The van der Waals surface area contributed by atoms with E-state index in [0.29, 0.717) is 12.0 Å². The number of halogens is 2. The van der Waals surface area contributed by atoms with Crippen molar-refractivity contribution in [2.24, 2.45) is 5.92 Å². The van der Waals surface area contributed by atoms with Gasteiger partial charge in [-0.05, 0) is 49.2 Å². The van der Waals surface area contributed by atoms with Crippen LogP contribution in [0.25, 0.3) is 10.4 Å². The van der Waals surface area contributed by atoms with E-state index in [2.05, 4.69) is 54.2 Å². The van der Waals surface area contributed by atoms with Gasteiger partial charge in [0.25, 0.3) is 0 Å². The number of nitrogens with one attached hydrogen (secondary N) is 1. The fourth-order valence-corrected chi connectivity index (χ4v) is 4.19. The number of rotatable bonds is 6. The Hall–Kier alpha value is -0.710. The lowest BCUT2D eigenvalue weighted by Crippen LogP contribution is -2.25. The van der Waals surface area contributed by atoms with E-state index in [1.807, 2.05) is 0 Å². The minimum absolute atomic E-state index is 0.201. The van der Waals surface area contributed by atoms with Gasteiger partial charge in [-0.1, -0.05) is 36.7 Å². The van der Waals surface area contributed by atoms with Crippen LogP contribution in [0.3, 0.4) is 0 Å². The first-order valence-corrected chi connectivity index (χ1v) is 8.92. The summed E-state index contributed by atoms with van der Waals surface area (Å²) in [5.41, 5.74) is 0.921. The van der Waals surface area contributed by atoms with E-state index in [1.165, 1.54) is 10.9 Å². The fraction of sp³-hybridized carbons (Fsp3) is 0.412. The fourth-order valence-electron chi connectivity index (χ4n) is 2.32. The maximum atomic E-state index is 13.5. The molecule has 2 aromatic rings. The van der Waals surface area contributed by atoms with Crippen LogP contribution in [0.2, 0.25) is 0 Å². The van der Waals surface area contributed by atoms with Gasteiger partial charge in [-0.2, -0.15) is 0 Å². The van der Waals surface area contributed by atoms with Gasteiger partial charge in [-0.3, -0.25) is 0 Å². The highest BCUT2D eigenvalue weighted by Gasteiger charge is 2.18. The molecule has 0 saturated carbocycles. The van der Waals surface area contributed by atoms with Gasteiger partial charge in [0, 0.05) is 25.8 Å². The second-order valence-corrected chi connectivity index (χ2v) is 7.47. The third-order valence-corrected chi connectivity index (χ3v) is 5.30. The van der Waals surface area contributed by atoms with Crippen molar-refractivity contribution in [1.82, 2.24) is 5.32 Å². The van der Waals surface area contributed by atoms with Crippen molar-refractivity contribution in [1.29, 1.82) is 0 Å². The second-order valence-electron chi connectivity index (χ2n) is 5.50. The van der Waals surface area contributed by atoms with Crippen molar-refractivity contribution in [3.05, 3.63) is 45.5 Å². The molecule has 1 aromatic carbocycles. The SMILES string of the molecule is CCCNC(c1ccc(-c2cc(F)ccc2Br)s1)C(C)C. The van der Waals surface area contributed by atoms with E-state index in [0.717, 1.165) is 27.9 Å². The zero-order valence-electron chi connectivity index (χ0n) is 12.6. The minimum Gasteiger partial charge on any atom is -0.309 e. The van der Waals surface area contributed by atoms with Crippen LogP contribution in [0, 0.1) is 11.7 Å². The Morgan fingerprint density at radius 2 is 2.00 bits per heavy atom. The Morgan fingerprint density at radius 1 is 1.24 bits per heavy atom. The quantitative estimate of drug-likeness (QED) is 0.656. The molecule has 1 unspecified atom stereocenters. The Balaban J connectivity index is 2.29. The molecule has 0 fully saturated rings. The predicted octanol–water partition coefficient (Wildman–Crippen LogP) is 6.01. The molecule has 0 radical (unpaired) electrons. The summed E-state index contributed by atoms with van der Waals surface area (Å²) in [7, 11) is 0. The molecule has 114 valence electrons. The summed E-state index contributed by atoms with van der Waals surface area (Å²) >= 11 is 5.25. The van der Waals surface area contributed by atoms with Crippen LogP contribution >= 0.6 is 27.3 Å². The molecule has 0 amide bonds. The highest BCUT2D eigenvalue weighted by atomic mass is 79.9. The average Bonchev–Trinajstić information content (AvgIpc) is 2.91. The van der Waals surface area contributed by atoms with E-state index in [4.69, 9.17) is 0 Å². The minimum atomic E-state index is -0.201. The standard InChI is InChI=1S/C17H21BrFNS/c1-4-9-20-17(11(2)3)16-8-7-15(21-16)13-10-12(19)5-6-14(13)18/h5-8,10-11,17,20H,4,9H2,1-3H3. The summed E-state index contributed by atoms with van der Waals surface area (Å²) < 4.78 is 14.4. The van der Waals surface area contributed by atoms with Crippen LogP contribution in [0.1, 0.15) is 38.1 Å². The molecule has 0 saturated heterocycles. The number of hydrogen-bond donors (Lipinski definition) is 1. The summed E-state index contributed by atoms with van der Waals surface area (Å²) in [6.07, 6.45) is 1.12. The van der Waals surface area contributed by atoms with Gasteiger partial charge >= 0.3 is 0 Å². The van der Waals surface area contributed by atoms with E-state index in [-0.39, 0.29) is 5.82 Å². The van der Waals surface area contributed by atoms with Crippen molar-refractivity contribution >= 4 is 27.3 Å². The van der Waals surface area contributed by atoms with E-state index >= 15 is 0 Å². The maximum absolute atomic E-state index is 13.5. The average molecular weight is 370 g/mol. The van der Waals surface area contributed by atoms with Gasteiger partial charge in [0.05, 0.1) is 0 Å². The lowest BCUT2D eigenvalue weighted by atomic mass is 10.0. The molecule has 0 spiro atoms. The first-order valence-electron chi connectivity index (χ1n) is 7.31. The van der Waals surface area contributed by atoms with Crippen LogP contribution in [0.15, 0.2) is 34.8 Å². The number of hydrogen-bond acceptors (Lipinski definition) is 2. The van der Waals surface area contributed by atoms with Gasteiger partial charge in [0.1, 0.15) is 5.82 Å². The van der Waals surface area contributed by atoms with Crippen LogP contribution in [-0.2, 0) is 0 Å². The van der Waals surface area contributed by atoms with Gasteiger partial charge < -0.3 is 5.32 Å². The number of benzene rings is 1. The molecule has 21 heavy (non-hydrogen) atoms. The highest BCUT2D eigenvalue weighted by Crippen LogP contribution is 2.37. The van der Waals surface area contributed by atoms with Crippen molar-refractivity contribution in [2.45, 2.75) is 33.2 Å². The van der Waals surface area contributed by atoms with Gasteiger partial charge in [0.2, 0.25) is 0 Å². The number of thiophene rings is 1. The molecular formula is C17H21BrFNS. The zero-order chi connectivity index (χ0) is 15.4. The molecule has 0 aliphatic heterocycles. The first kappa shape index (κ1) is 16.7. The zero-order valence-corrected chi connectivity index (χ0v) is 15.0. The largest absolute Gasteiger partial charge is 0.309 e. The molecule has 0 aliphatic rings. The van der Waals surface area contributed by atoms with Gasteiger partial charge in [-0.25, -0.2) is 4.39 Å². The molecule has 4 heteroatoms. The van der Waals surface area contributed by atoms with Crippen LogP contribution < -0.4 is 5.32 Å². The molecule has 1 atom stereocenters. The van der Waals surface area contributed by atoms with E-state index < -0.39 is 0 Å². The normalized spacial score (nSPS) is 12.9. The van der Waals surface area contributed by atoms with Crippen molar-refractivity contribution in [3.63, 3.8) is 0 Å². The Morgan fingerprint density at radius 3 is 2.67 bits per heavy atom. The molecule has 1 N–H and O–H groups in total. The molecular weight excluding hydrogens is 349 g/mol. The van der Waals surface area contributed by atoms with Crippen LogP contribution in [0.4, 0.5) is 4.39 Å². The predicted molar refractivity (Wildman–Crippen MR) is 93.3 cm³/mol. The monoisotopic (exact) mass is 369 g/mol. The van der Waals surface area contributed by atoms with Crippen LogP contribution in [-0.4, -0.2) is 6.54 Å². The van der Waals surface area contributed by atoms with E-state index in [9.17, 15) is 4.39 Å².